The summed E-state index contributed by atoms with van der Waals surface area (Å²) in [4.78, 5) is 26.8. The first kappa shape index (κ1) is 17.2. The topological polar surface area (TPSA) is 88.6 Å². The van der Waals surface area contributed by atoms with Gasteiger partial charge in [0.25, 0.3) is 11.8 Å². The lowest BCUT2D eigenvalue weighted by Gasteiger charge is -2.23. The summed E-state index contributed by atoms with van der Waals surface area (Å²) in [6, 6.07) is 8.60. The number of anilines is 1. The lowest BCUT2D eigenvalue weighted by Crippen LogP contribution is -2.34. The predicted octanol–water partition coefficient (Wildman–Crippen LogP) is 2.65. The second-order valence-corrected chi connectivity index (χ2v) is 6.95. The first-order valence-electron chi connectivity index (χ1n) is 8.37. The van der Waals surface area contributed by atoms with Crippen LogP contribution in [0.4, 0.5) is 5.69 Å². The lowest BCUT2D eigenvalue weighted by atomic mass is 9.90. The van der Waals surface area contributed by atoms with E-state index >= 15 is 0 Å². The molecule has 0 aliphatic carbocycles. The summed E-state index contributed by atoms with van der Waals surface area (Å²) in [7, 11) is 0. The van der Waals surface area contributed by atoms with Crippen molar-refractivity contribution in [3.8, 4) is 0 Å². The van der Waals surface area contributed by atoms with Gasteiger partial charge in [-0.1, -0.05) is 13.0 Å². The molecule has 2 heterocycles. The number of hydrogen-bond acceptors (Lipinski definition) is 4. The van der Waals surface area contributed by atoms with Gasteiger partial charge in [-0.05, 0) is 55.1 Å². The molecule has 1 aliphatic rings. The summed E-state index contributed by atoms with van der Waals surface area (Å²) in [5.74, 6) is -0.144. The number of nitrogens with two attached hydrogens (primary N) is 1. The third-order valence-electron chi connectivity index (χ3n) is 4.82. The zero-order chi connectivity index (χ0) is 18.0. The molecular weight excluding hydrogens is 318 g/mol. The third-order valence-corrected chi connectivity index (χ3v) is 4.82. The van der Waals surface area contributed by atoms with E-state index in [0.29, 0.717) is 30.9 Å². The molecule has 0 bridgehead atoms. The molecule has 1 unspecified atom stereocenters. The van der Waals surface area contributed by atoms with E-state index in [-0.39, 0.29) is 23.0 Å². The quantitative estimate of drug-likeness (QED) is 0.895. The van der Waals surface area contributed by atoms with E-state index in [1.165, 1.54) is 6.26 Å². The van der Waals surface area contributed by atoms with Crippen LogP contribution < -0.4 is 11.1 Å². The highest BCUT2D eigenvalue weighted by molar-refractivity contribution is 6.04. The number of carbonyl (C=O) groups excluding carboxylic acids is 2. The van der Waals surface area contributed by atoms with Gasteiger partial charge in [0.2, 0.25) is 0 Å². The Hall–Kier alpha value is -2.60. The molecule has 132 valence electrons. The lowest BCUT2D eigenvalue weighted by molar-refractivity contribution is 0.0776. The predicted molar refractivity (Wildman–Crippen MR) is 95.5 cm³/mol. The molecule has 25 heavy (non-hydrogen) atoms. The SMILES string of the molecule is Cc1ccc(C(=O)N2CCC(C)(CN)C2)cc1NC(=O)c1ccco1. The maximum atomic E-state index is 12.8. The second-order valence-electron chi connectivity index (χ2n) is 6.95. The van der Waals surface area contributed by atoms with E-state index in [9.17, 15) is 9.59 Å². The highest BCUT2D eigenvalue weighted by Crippen LogP contribution is 2.30. The molecule has 2 aromatic rings. The van der Waals surface area contributed by atoms with Gasteiger partial charge in [0, 0.05) is 24.3 Å². The fraction of sp³-hybridized carbons (Fsp3) is 0.368. The van der Waals surface area contributed by atoms with Gasteiger partial charge in [-0.15, -0.1) is 0 Å². The van der Waals surface area contributed by atoms with Crippen molar-refractivity contribution in [1.82, 2.24) is 4.90 Å². The number of nitrogens with one attached hydrogen (secondary N) is 1. The molecule has 6 nitrogen and oxygen atoms in total. The van der Waals surface area contributed by atoms with Gasteiger partial charge in [0.1, 0.15) is 0 Å². The molecule has 1 aromatic heterocycles. The van der Waals surface area contributed by atoms with Crippen molar-refractivity contribution in [2.45, 2.75) is 20.3 Å². The number of carbonyl (C=O) groups is 2. The number of hydrogen-bond donors (Lipinski definition) is 2. The molecule has 0 radical (unpaired) electrons. The Balaban J connectivity index is 1.77. The molecule has 1 saturated heterocycles. The number of likely N-dealkylation sites (tertiary alicyclic amines) is 1. The Morgan fingerprint density at radius 2 is 2.16 bits per heavy atom. The number of amides is 2. The molecule has 2 amide bonds. The summed E-state index contributed by atoms with van der Waals surface area (Å²) in [6.07, 6.45) is 2.35. The average Bonchev–Trinajstić information content (AvgIpc) is 3.26. The van der Waals surface area contributed by atoms with Gasteiger partial charge in [0.15, 0.2) is 5.76 Å². The van der Waals surface area contributed by atoms with Crippen molar-refractivity contribution in [3.63, 3.8) is 0 Å². The van der Waals surface area contributed by atoms with Crippen LogP contribution >= 0.6 is 0 Å². The van der Waals surface area contributed by atoms with E-state index in [1.807, 2.05) is 17.9 Å². The normalized spacial score (nSPS) is 19.9. The maximum Gasteiger partial charge on any atom is 0.291 e. The molecule has 3 rings (SSSR count). The van der Waals surface area contributed by atoms with Crippen molar-refractivity contribution < 1.29 is 14.0 Å². The first-order chi connectivity index (χ1) is 11.9. The summed E-state index contributed by atoms with van der Waals surface area (Å²) < 4.78 is 5.10. The van der Waals surface area contributed by atoms with E-state index in [1.54, 1.807) is 24.3 Å². The van der Waals surface area contributed by atoms with Gasteiger partial charge >= 0.3 is 0 Å². The van der Waals surface area contributed by atoms with Crippen LogP contribution in [-0.2, 0) is 0 Å². The van der Waals surface area contributed by atoms with Crippen molar-refractivity contribution in [2.75, 3.05) is 25.0 Å². The zero-order valence-electron chi connectivity index (χ0n) is 14.5. The second kappa shape index (κ2) is 6.72. The molecule has 1 atom stereocenters. The minimum Gasteiger partial charge on any atom is -0.459 e. The highest BCUT2D eigenvalue weighted by atomic mass is 16.3. The van der Waals surface area contributed by atoms with Crippen LogP contribution in [-0.4, -0.2) is 36.3 Å². The van der Waals surface area contributed by atoms with Crippen LogP contribution in [0.2, 0.25) is 0 Å². The number of rotatable bonds is 4. The number of nitrogens with zero attached hydrogens (tertiary/aromatic N) is 1. The first-order valence-corrected chi connectivity index (χ1v) is 8.37. The summed E-state index contributed by atoms with van der Waals surface area (Å²) in [6.45, 7) is 5.91. The van der Waals surface area contributed by atoms with Gasteiger partial charge in [-0.2, -0.15) is 0 Å². The molecule has 6 heteroatoms. The Labute approximate surface area is 147 Å². The van der Waals surface area contributed by atoms with Crippen molar-refractivity contribution >= 4 is 17.5 Å². The van der Waals surface area contributed by atoms with Gasteiger partial charge in [0.05, 0.1) is 6.26 Å². The fourth-order valence-corrected chi connectivity index (χ4v) is 3.03. The third kappa shape index (κ3) is 3.58. The van der Waals surface area contributed by atoms with Crippen LogP contribution in [0.5, 0.6) is 0 Å². The Kier molecular flexibility index (Phi) is 4.63. The van der Waals surface area contributed by atoms with Gasteiger partial charge < -0.3 is 20.4 Å². The molecular formula is C19H23N3O3. The van der Waals surface area contributed by atoms with Crippen LogP contribution in [0.1, 0.15) is 39.8 Å². The monoisotopic (exact) mass is 341 g/mol. The number of benzene rings is 1. The number of furan rings is 1. The Bertz CT molecular complexity index is 785. The van der Waals surface area contributed by atoms with Crippen LogP contribution in [0.15, 0.2) is 41.0 Å². The van der Waals surface area contributed by atoms with E-state index in [0.717, 1.165) is 12.0 Å². The fourth-order valence-electron chi connectivity index (χ4n) is 3.03. The minimum absolute atomic E-state index is 0.0172. The zero-order valence-corrected chi connectivity index (χ0v) is 14.5. The molecule has 0 saturated carbocycles. The minimum atomic E-state index is -0.338. The molecule has 0 spiro atoms. The highest BCUT2D eigenvalue weighted by Gasteiger charge is 2.35. The van der Waals surface area contributed by atoms with Crippen LogP contribution in [0.25, 0.3) is 0 Å². The largest absolute Gasteiger partial charge is 0.459 e. The van der Waals surface area contributed by atoms with E-state index in [4.69, 9.17) is 10.2 Å². The summed E-state index contributed by atoms with van der Waals surface area (Å²) in [5.41, 5.74) is 7.84. The molecule has 1 aromatic carbocycles. The summed E-state index contributed by atoms with van der Waals surface area (Å²) in [5, 5.41) is 2.80. The Morgan fingerprint density at radius 1 is 1.36 bits per heavy atom. The average molecular weight is 341 g/mol. The van der Waals surface area contributed by atoms with Crippen molar-refractivity contribution in [3.05, 3.63) is 53.5 Å². The van der Waals surface area contributed by atoms with E-state index in [2.05, 4.69) is 12.2 Å². The smallest absolute Gasteiger partial charge is 0.291 e. The molecule has 1 aliphatic heterocycles. The van der Waals surface area contributed by atoms with Crippen molar-refractivity contribution in [1.29, 1.82) is 0 Å². The van der Waals surface area contributed by atoms with Crippen LogP contribution in [0.3, 0.4) is 0 Å². The van der Waals surface area contributed by atoms with Gasteiger partial charge in [-0.25, -0.2) is 0 Å². The molecule has 3 N–H and O–H groups in total. The number of aryl methyl sites for hydroxylation is 1. The van der Waals surface area contributed by atoms with Crippen LogP contribution in [0, 0.1) is 12.3 Å². The molecule has 1 fully saturated rings. The Morgan fingerprint density at radius 3 is 2.80 bits per heavy atom. The van der Waals surface area contributed by atoms with Gasteiger partial charge in [-0.3, -0.25) is 9.59 Å². The standard InChI is InChI=1S/C19H23N3O3/c1-13-5-6-14(18(24)22-8-7-19(2,11-20)12-22)10-15(13)21-17(23)16-4-3-9-25-16/h3-6,9-10H,7-8,11-12,20H2,1-2H3,(H,21,23). The van der Waals surface area contributed by atoms with E-state index < -0.39 is 0 Å². The van der Waals surface area contributed by atoms with Crippen molar-refractivity contribution in [2.24, 2.45) is 11.1 Å². The summed E-state index contributed by atoms with van der Waals surface area (Å²) >= 11 is 0. The maximum absolute atomic E-state index is 12.8.